The molecular weight excluding hydrogens is 369 g/mol. The molecule has 2 aromatic carbocycles. The number of carbonyl (C=O) groups excluding carboxylic acids is 2. The highest BCUT2D eigenvalue weighted by atomic mass is 19.1. The van der Waals surface area contributed by atoms with Crippen LogP contribution in [-0.2, 0) is 4.79 Å². The minimum atomic E-state index is -0.350. The van der Waals surface area contributed by atoms with E-state index in [0.717, 1.165) is 31.2 Å². The monoisotopic (exact) mass is 397 g/mol. The Morgan fingerprint density at radius 2 is 1.83 bits per heavy atom. The van der Waals surface area contributed by atoms with Gasteiger partial charge >= 0.3 is 6.03 Å². The number of rotatable bonds is 7. The van der Waals surface area contributed by atoms with Crippen LogP contribution < -0.4 is 15.5 Å². The summed E-state index contributed by atoms with van der Waals surface area (Å²) < 4.78 is 13.3. The van der Waals surface area contributed by atoms with Crippen molar-refractivity contribution in [3.05, 3.63) is 59.9 Å². The van der Waals surface area contributed by atoms with E-state index in [0.29, 0.717) is 30.9 Å². The lowest BCUT2D eigenvalue weighted by Gasteiger charge is -2.23. The van der Waals surface area contributed by atoms with Gasteiger partial charge in [-0.2, -0.15) is 0 Å². The summed E-state index contributed by atoms with van der Waals surface area (Å²) in [5.74, 6) is -0.107. The van der Waals surface area contributed by atoms with Crippen LogP contribution in [0.1, 0.15) is 37.7 Å². The van der Waals surface area contributed by atoms with Gasteiger partial charge in [0.2, 0.25) is 5.91 Å². The Kier molecular flexibility index (Phi) is 7.22. The highest BCUT2D eigenvalue weighted by molar-refractivity contribution is 6.01. The van der Waals surface area contributed by atoms with Gasteiger partial charge in [0.05, 0.1) is 0 Å². The van der Waals surface area contributed by atoms with E-state index in [4.69, 9.17) is 0 Å². The number of anilines is 2. The number of nitrogens with zero attached hydrogens (tertiary/aromatic N) is 1. The molecule has 6 heteroatoms. The van der Waals surface area contributed by atoms with Crippen molar-refractivity contribution in [3.8, 4) is 0 Å². The van der Waals surface area contributed by atoms with Gasteiger partial charge in [-0.25, -0.2) is 9.18 Å². The molecule has 0 aliphatic heterocycles. The van der Waals surface area contributed by atoms with Crippen LogP contribution in [-0.4, -0.2) is 25.0 Å². The van der Waals surface area contributed by atoms with Crippen molar-refractivity contribution in [1.82, 2.24) is 5.32 Å². The van der Waals surface area contributed by atoms with Gasteiger partial charge in [0, 0.05) is 30.4 Å². The second-order valence-electron chi connectivity index (χ2n) is 7.55. The van der Waals surface area contributed by atoms with Crippen LogP contribution in [0.3, 0.4) is 0 Å². The SMILES string of the molecule is Cc1cccc(NC(=O)N(CCCNC(=O)C2CCCC2)c2ccc(F)cc2)c1. The number of amides is 3. The molecule has 0 heterocycles. The molecule has 0 saturated heterocycles. The summed E-state index contributed by atoms with van der Waals surface area (Å²) in [5.41, 5.74) is 2.36. The second-order valence-corrected chi connectivity index (χ2v) is 7.55. The highest BCUT2D eigenvalue weighted by Crippen LogP contribution is 2.24. The van der Waals surface area contributed by atoms with Crippen molar-refractivity contribution in [2.24, 2.45) is 5.92 Å². The normalized spacial score (nSPS) is 13.9. The van der Waals surface area contributed by atoms with E-state index < -0.39 is 0 Å². The topological polar surface area (TPSA) is 61.4 Å². The average molecular weight is 397 g/mol. The molecule has 0 radical (unpaired) electrons. The molecule has 0 spiro atoms. The van der Waals surface area contributed by atoms with Gasteiger partial charge < -0.3 is 10.6 Å². The minimum Gasteiger partial charge on any atom is -0.356 e. The predicted molar refractivity (Wildman–Crippen MR) is 114 cm³/mol. The molecule has 0 bridgehead atoms. The van der Waals surface area contributed by atoms with E-state index in [9.17, 15) is 14.0 Å². The van der Waals surface area contributed by atoms with Crippen LogP contribution in [0.2, 0.25) is 0 Å². The van der Waals surface area contributed by atoms with E-state index in [2.05, 4.69) is 10.6 Å². The Morgan fingerprint density at radius 3 is 2.52 bits per heavy atom. The Labute approximate surface area is 171 Å². The molecule has 3 amide bonds. The van der Waals surface area contributed by atoms with Crippen molar-refractivity contribution >= 4 is 23.3 Å². The summed E-state index contributed by atoms with van der Waals surface area (Å²) in [4.78, 5) is 26.6. The summed E-state index contributed by atoms with van der Waals surface area (Å²) in [7, 11) is 0. The summed E-state index contributed by atoms with van der Waals surface area (Å²) in [6, 6.07) is 13.1. The van der Waals surface area contributed by atoms with Gasteiger partial charge in [-0.05, 0) is 68.1 Å². The third kappa shape index (κ3) is 6.04. The molecule has 2 aromatic rings. The van der Waals surface area contributed by atoms with Crippen LogP contribution >= 0.6 is 0 Å². The number of hydrogen-bond acceptors (Lipinski definition) is 2. The quantitative estimate of drug-likeness (QED) is 0.655. The largest absolute Gasteiger partial charge is 0.356 e. The van der Waals surface area contributed by atoms with Gasteiger partial charge in [0.25, 0.3) is 0 Å². The molecule has 0 atom stereocenters. The fourth-order valence-electron chi connectivity index (χ4n) is 3.66. The number of urea groups is 1. The summed E-state index contributed by atoms with van der Waals surface area (Å²) in [6.07, 6.45) is 4.78. The minimum absolute atomic E-state index is 0.111. The first-order valence-electron chi connectivity index (χ1n) is 10.2. The zero-order chi connectivity index (χ0) is 20.6. The molecular formula is C23H28FN3O2. The fourth-order valence-corrected chi connectivity index (χ4v) is 3.66. The van der Waals surface area contributed by atoms with Crippen LogP contribution in [0.4, 0.5) is 20.6 Å². The first kappa shape index (κ1) is 20.8. The van der Waals surface area contributed by atoms with Crippen molar-refractivity contribution in [1.29, 1.82) is 0 Å². The zero-order valence-corrected chi connectivity index (χ0v) is 16.8. The smallest absolute Gasteiger partial charge is 0.326 e. The van der Waals surface area contributed by atoms with E-state index in [-0.39, 0.29) is 23.7 Å². The Morgan fingerprint density at radius 1 is 1.10 bits per heavy atom. The molecule has 2 N–H and O–H groups in total. The molecule has 1 aliphatic rings. The maximum atomic E-state index is 13.3. The van der Waals surface area contributed by atoms with Crippen LogP contribution in [0.25, 0.3) is 0 Å². The van der Waals surface area contributed by atoms with E-state index in [1.54, 1.807) is 17.0 Å². The third-order valence-corrected chi connectivity index (χ3v) is 5.24. The summed E-state index contributed by atoms with van der Waals surface area (Å²) in [6.45, 7) is 2.87. The molecule has 1 fully saturated rings. The number of halogens is 1. The second kappa shape index (κ2) is 10.0. The van der Waals surface area contributed by atoms with Crippen LogP contribution in [0, 0.1) is 18.7 Å². The molecule has 1 aliphatic carbocycles. The molecule has 3 rings (SSSR count). The predicted octanol–water partition coefficient (Wildman–Crippen LogP) is 4.87. The Balaban J connectivity index is 1.60. The number of aryl methyl sites for hydroxylation is 1. The van der Waals surface area contributed by atoms with Gasteiger partial charge in [0.15, 0.2) is 0 Å². The number of hydrogen-bond donors (Lipinski definition) is 2. The Hall–Kier alpha value is -2.89. The van der Waals surface area contributed by atoms with Gasteiger partial charge in [0.1, 0.15) is 5.82 Å². The average Bonchev–Trinajstić information content (AvgIpc) is 3.24. The molecule has 29 heavy (non-hydrogen) atoms. The molecule has 0 aromatic heterocycles. The van der Waals surface area contributed by atoms with E-state index in [1.165, 1.54) is 12.1 Å². The standard InChI is InChI=1S/C23H28FN3O2/c1-17-6-4-9-20(16-17)26-23(29)27(21-12-10-19(24)11-13-21)15-5-14-25-22(28)18-7-2-3-8-18/h4,6,9-13,16,18H,2-3,5,7-8,14-15H2,1H3,(H,25,28)(H,26,29). The fraction of sp³-hybridized carbons (Fsp3) is 0.391. The van der Waals surface area contributed by atoms with Crippen LogP contribution in [0.5, 0.6) is 0 Å². The number of carbonyl (C=O) groups is 2. The van der Waals surface area contributed by atoms with Gasteiger partial charge in [-0.1, -0.05) is 25.0 Å². The van der Waals surface area contributed by atoms with Crippen molar-refractivity contribution in [2.45, 2.75) is 39.0 Å². The molecule has 1 saturated carbocycles. The van der Waals surface area contributed by atoms with Gasteiger partial charge in [-0.15, -0.1) is 0 Å². The lowest BCUT2D eigenvalue weighted by molar-refractivity contribution is -0.124. The summed E-state index contributed by atoms with van der Waals surface area (Å²) in [5, 5.41) is 5.88. The summed E-state index contributed by atoms with van der Waals surface area (Å²) >= 11 is 0. The zero-order valence-electron chi connectivity index (χ0n) is 16.8. The van der Waals surface area contributed by atoms with Gasteiger partial charge in [-0.3, -0.25) is 9.69 Å². The molecule has 154 valence electrons. The molecule has 5 nitrogen and oxygen atoms in total. The molecule has 0 unspecified atom stereocenters. The van der Waals surface area contributed by atoms with Crippen molar-refractivity contribution in [3.63, 3.8) is 0 Å². The first-order valence-corrected chi connectivity index (χ1v) is 10.2. The van der Waals surface area contributed by atoms with Crippen molar-refractivity contribution < 1.29 is 14.0 Å². The first-order chi connectivity index (χ1) is 14.0. The highest BCUT2D eigenvalue weighted by Gasteiger charge is 2.22. The van der Waals surface area contributed by atoms with Crippen molar-refractivity contribution in [2.75, 3.05) is 23.3 Å². The van der Waals surface area contributed by atoms with Crippen LogP contribution in [0.15, 0.2) is 48.5 Å². The maximum Gasteiger partial charge on any atom is 0.326 e. The lowest BCUT2D eigenvalue weighted by atomic mass is 10.1. The lowest BCUT2D eigenvalue weighted by Crippen LogP contribution is -2.38. The maximum absolute atomic E-state index is 13.3. The van der Waals surface area contributed by atoms with E-state index >= 15 is 0 Å². The van der Waals surface area contributed by atoms with E-state index in [1.807, 2.05) is 31.2 Å². The number of benzene rings is 2. The third-order valence-electron chi connectivity index (χ3n) is 5.24. The number of nitrogens with one attached hydrogen (secondary N) is 2. The Bertz CT molecular complexity index is 832.